The van der Waals surface area contributed by atoms with Gasteiger partial charge in [-0.2, -0.15) is 5.26 Å². The van der Waals surface area contributed by atoms with Gasteiger partial charge in [0.25, 0.3) is 0 Å². The molecule has 0 saturated carbocycles. The quantitative estimate of drug-likeness (QED) is 0.562. The number of rotatable bonds is 2. The standard InChI is InChI=1S/C22H16F3NO2/c1-2-3-15-12-27-22(28-13-15)17-9-20(24)18(21(25)10-17)7-5-14-4-6-16(11-26)19(23)8-14/h2-4,6,8-10,15,22H,12-13H2,1H3/t15-,22-. The van der Waals surface area contributed by atoms with Crippen LogP contribution in [0.5, 0.6) is 0 Å². The predicted octanol–water partition coefficient (Wildman–Crippen LogP) is 4.61. The van der Waals surface area contributed by atoms with Gasteiger partial charge in [-0.25, -0.2) is 13.2 Å². The number of nitrogens with zero attached hydrogens (tertiary/aromatic N) is 1. The van der Waals surface area contributed by atoms with Crippen LogP contribution in [0.4, 0.5) is 13.2 Å². The predicted molar refractivity (Wildman–Crippen MR) is 96.4 cm³/mol. The minimum atomic E-state index is -0.862. The Morgan fingerprint density at radius 2 is 1.68 bits per heavy atom. The van der Waals surface area contributed by atoms with Crippen molar-refractivity contribution < 1.29 is 22.6 Å². The van der Waals surface area contributed by atoms with Crippen molar-refractivity contribution in [3.05, 3.63) is 82.2 Å². The van der Waals surface area contributed by atoms with Crippen LogP contribution < -0.4 is 0 Å². The molecule has 0 bridgehead atoms. The van der Waals surface area contributed by atoms with Crippen LogP contribution in [0.1, 0.15) is 35.5 Å². The van der Waals surface area contributed by atoms with Crippen molar-refractivity contribution in [3.8, 4) is 17.9 Å². The van der Waals surface area contributed by atoms with Gasteiger partial charge in [0.05, 0.1) is 24.3 Å². The molecule has 28 heavy (non-hydrogen) atoms. The number of nitriles is 1. The summed E-state index contributed by atoms with van der Waals surface area (Å²) in [5, 5.41) is 8.72. The molecule has 3 rings (SSSR count). The maximum Gasteiger partial charge on any atom is 0.184 e. The molecular formula is C22H16F3NO2. The zero-order chi connectivity index (χ0) is 20.1. The molecule has 2 aromatic carbocycles. The van der Waals surface area contributed by atoms with E-state index in [0.717, 1.165) is 18.2 Å². The van der Waals surface area contributed by atoms with Gasteiger partial charge in [-0.3, -0.25) is 0 Å². The monoisotopic (exact) mass is 383 g/mol. The number of benzene rings is 2. The summed E-state index contributed by atoms with van der Waals surface area (Å²) in [6.45, 7) is 2.68. The highest BCUT2D eigenvalue weighted by molar-refractivity contribution is 5.47. The van der Waals surface area contributed by atoms with Crippen molar-refractivity contribution in [1.29, 1.82) is 5.26 Å². The van der Waals surface area contributed by atoms with Crippen LogP contribution in [0.15, 0.2) is 42.5 Å². The van der Waals surface area contributed by atoms with Crippen LogP contribution in [0, 0.1) is 46.5 Å². The molecule has 2 aromatic rings. The third-order valence-corrected chi connectivity index (χ3v) is 4.15. The van der Waals surface area contributed by atoms with E-state index >= 15 is 0 Å². The molecule has 3 nitrogen and oxygen atoms in total. The lowest BCUT2D eigenvalue weighted by Gasteiger charge is -2.28. The molecule has 1 heterocycles. The van der Waals surface area contributed by atoms with E-state index in [1.807, 2.05) is 19.1 Å². The summed E-state index contributed by atoms with van der Waals surface area (Å²) in [6, 6.07) is 7.63. The van der Waals surface area contributed by atoms with Crippen LogP contribution in [-0.4, -0.2) is 13.2 Å². The Balaban J connectivity index is 1.80. The van der Waals surface area contributed by atoms with Gasteiger partial charge in [0.1, 0.15) is 23.5 Å². The van der Waals surface area contributed by atoms with E-state index in [0.29, 0.717) is 13.2 Å². The SMILES string of the molecule is CC=C[C@H]1CO[C@H](c2cc(F)c(C#Cc3ccc(C#N)c(F)c3)c(F)c2)OC1. The molecule has 0 spiro atoms. The van der Waals surface area contributed by atoms with Crippen LogP contribution in [0.25, 0.3) is 0 Å². The maximum atomic E-state index is 14.4. The summed E-state index contributed by atoms with van der Waals surface area (Å²) in [6.07, 6.45) is 2.99. The second-order valence-electron chi connectivity index (χ2n) is 6.20. The van der Waals surface area contributed by atoms with Crippen LogP contribution in [-0.2, 0) is 9.47 Å². The molecule has 0 atom stereocenters. The van der Waals surface area contributed by atoms with Gasteiger partial charge in [0.15, 0.2) is 6.29 Å². The topological polar surface area (TPSA) is 42.2 Å². The zero-order valence-corrected chi connectivity index (χ0v) is 15.0. The highest BCUT2D eigenvalue weighted by atomic mass is 19.1. The lowest BCUT2D eigenvalue weighted by Crippen LogP contribution is -2.26. The van der Waals surface area contributed by atoms with Gasteiger partial charge in [0, 0.05) is 17.0 Å². The molecule has 1 saturated heterocycles. The Kier molecular flexibility index (Phi) is 6.16. The van der Waals surface area contributed by atoms with Crippen LogP contribution in [0.2, 0.25) is 0 Å². The van der Waals surface area contributed by atoms with Crippen molar-refractivity contribution in [3.63, 3.8) is 0 Å². The first-order valence-electron chi connectivity index (χ1n) is 8.58. The highest BCUT2D eigenvalue weighted by Crippen LogP contribution is 2.28. The second kappa shape index (κ2) is 8.75. The summed E-state index contributed by atoms with van der Waals surface area (Å²) >= 11 is 0. The Morgan fingerprint density at radius 3 is 2.25 bits per heavy atom. The van der Waals surface area contributed by atoms with E-state index in [-0.39, 0.29) is 22.6 Å². The van der Waals surface area contributed by atoms with Crippen LogP contribution in [0.3, 0.4) is 0 Å². The molecule has 1 aliphatic rings. The summed E-state index contributed by atoms with van der Waals surface area (Å²) in [4.78, 5) is 0. The molecular weight excluding hydrogens is 367 g/mol. The Hall–Kier alpha value is -3.06. The zero-order valence-electron chi connectivity index (χ0n) is 15.0. The molecule has 0 amide bonds. The minimum absolute atomic E-state index is 0.105. The normalized spacial score (nSPS) is 19.1. The summed E-state index contributed by atoms with van der Waals surface area (Å²) in [5.74, 6) is 2.52. The summed E-state index contributed by atoms with van der Waals surface area (Å²) < 4.78 is 53.4. The number of halogens is 3. The summed E-state index contributed by atoms with van der Waals surface area (Å²) in [7, 11) is 0. The average molecular weight is 383 g/mol. The fourth-order valence-corrected chi connectivity index (χ4v) is 2.76. The molecule has 0 aromatic heterocycles. The lowest BCUT2D eigenvalue weighted by molar-refractivity contribution is -0.197. The van der Waals surface area contributed by atoms with E-state index in [2.05, 4.69) is 11.8 Å². The molecule has 142 valence electrons. The number of ether oxygens (including phenoxy) is 2. The molecule has 1 fully saturated rings. The van der Waals surface area contributed by atoms with Gasteiger partial charge < -0.3 is 9.47 Å². The fourth-order valence-electron chi connectivity index (χ4n) is 2.76. The van der Waals surface area contributed by atoms with Crippen LogP contribution >= 0.6 is 0 Å². The van der Waals surface area contributed by atoms with Crippen molar-refractivity contribution in [2.45, 2.75) is 13.2 Å². The van der Waals surface area contributed by atoms with E-state index in [4.69, 9.17) is 14.7 Å². The van der Waals surface area contributed by atoms with Gasteiger partial charge >= 0.3 is 0 Å². The highest BCUT2D eigenvalue weighted by Gasteiger charge is 2.24. The number of allylic oxidation sites excluding steroid dienone is 1. The first kappa shape index (κ1) is 19.7. The van der Waals surface area contributed by atoms with Gasteiger partial charge in [-0.1, -0.05) is 24.0 Å². The minimum Gasteiger partial charge on any atom is -0.348 e. The molecule has 0 radical (unpaired) electrons. The number of hydrogen-bond donors (Lipinski definition) is 0. The van der Waals surface area contributed by atoms with Crippen molar-refractivity contribution in [2.24, 2.45) is 5.92 Å². The average Bonchev–Trinajstić information content (AvgIpc) is 2.68. The van der Waals surface area contributed by atoms with Crippen molar-refractivity contribution in [1.82, 2.24) is 0 Å². The van der Waals surface area contributed by atoms with Gasteiger partial charge in [0.2, 0.25) is 0 Å². The smallest absolute Gasteiger partial charge is 0.184 e. The third kappa shape index (κ3) is 4.43. The van der Waals surface area contributed by atoms with Crippen molar-refractivity contribution >= 4 is 0 Å². The molecule has 0 N–H and O–H groups in total. The Labute approximate surface area is 161 Å². The van der Waals surface area contributed by atoms with E-state index in [9.17, 15) is 13.2 Å². The first-order valence-corrected chi connectivity index (χ1v) is 8.58. The number of hydrogen-bond acceptors (Lipinski definition) is 3. The van der Waals surface area contributed by atoms with E-state index in [1.54, 1.807) is 6.07 Å². The summed E-state index contributed by atoms with van der Waals surface area (Å²) in [5.41, 5.74) is -0.134. The Bertz CT molecular complexity index is 984. The maximum absolute atomic E-state index is 14.4. The molecule has 1 aliphatic heterocycles. The second-order valence-corrected chi connectivity index (χ2v) is 6.20. The van der Waals surface area contributed by atoms with Gasteiger partial charge in [-0.05, 0) is 37.3 Å². The molecule has 0 aliphatic carbocycles. The Morgan fingerprint density at radius 1 is 1.00 bits per heavy atom. The third-order valence-electron chi connectivity index (χ3n) is 4.15. The van der Waals surface area contributed by atoms with Gasteiger partial charge in [-0.15, -0.1) is 0 Å². The molecule has 0 unspecified atom stereocenters. The van der Waals surface area contributed by atoms with Crippen molar-refractivity contribution in [2.75, 3.05) is 13.2 Å². The first-order chi connectivity index (χ1) is 13.5. The van der Waals surface area contributed by atoms with E-state index < -0.39 is 29.3 Å². The largest absolute Gasteiger partial charge is 0.348 e. The molecule has 6 heteroatoms. The lowest BCUT2D eigenvalue weighted by atomic mass is 10.1. The fraction of sp³-hybridized carbons (Fsp3) is 0.227. The van der Waals surface area contributed by atoms with E-state index in [1.165, 1.54) is 12.1 Å².